The minimum absolute atomic E-state index is 0.245. The summed E-state index contributed by atoms with van der Waals surface area (Å²) >= 11 is 12.2. The van der Waals surface area contributed by atoms with Crippen molar-refractivity contribution in [1.82, 2.24) is 4.90 Å². The lowest BCUT2D eigenvalue weighted by Crippen LogP contribution is -2.43. The number of carbonyl (C=O) groups is 2. The van der Waals surface area contributed by atoms with Crippen molar-refractivity contribution < 1.29 is 14.3 Å². The monoisotopic (exact) mass is 379 g/mol. The van der Waals surface area contributed by atoms with E-state index in [0.29, 0.717) is 5.02 Å². The van der Waals surface area contributed by atoms with Gasteiger partial charge in [0.15, 0.2) is 0 Å². The Morgan fingerprint density at radius 1 is 1.12 bits per heavy atom. The first kappa shape index (κ1) is 19.3. The van der Waals surface area contributed by atoms with Crippen molar-refractivity contribution in [2.75, 3.05) is 6.61 Å². The predicted molar refractivity (Wildman–Crippen MR) is 98.9 cm³/mol. The summed E-state index contributed by atoms with van der Waals surface area (Å²) in [5, 5.41) is 0.680. The first-order chi connectivity index (χ1) is 11.9. The van der Waals surface area contributed by atoms with E-state index >= 15 is 0 Å². The van der Waals surface area contributed by atoms with E-state index in [1.54, 1.807) is 26.0 Å². The van der Waals surface area contributed by atoms with Gasteiger partial charge in [-0.15, -0.1) is 0 Å². The SMILES string of the molecule is CCOC(=O)C(C)N(Cc1ccccc1)C(=O)c1cc(Cl)ccc1Cl. The van der Waals surface area contributed by atoms with Gasteiger partial charge in [0.05, 0.1) is 17.2 Å². The van der Waals surface area contributed by atoms with Gasteiger partial charge in [-0.1, -0.05) is 53.5 Å². The van der Waals surface area contributed by atoms with Crippen LogP contribution in [0.25, 0.3) is 0 Å². The zero-order chi connectivity index (χ0) is 18.4. The van der Waals surface area contributed by atoms with E-state index < -0.39 is 12.0 Å². The van der Waals surface area contributed by atoms with Crippen molar-refractivity contribution in [2.45, 2.75) is 26.4 Å². The highest BCUT2D eigenvalue weighted by atomic mass is 35.5. The van der Waals surface area contributed by atoms with Gasteiger partial charge in [-0.05, 0) is 37.6 Å². The van der Waals surface area contributed by atoms with Crippen molar-refractivity contribution >= 4 is 35.1 Å². The quantitative estimate of drug-likeness (QED) is 0.689. The lowest BCUT2D eigenvalue weighted by Gasteiger charge is -2.28. The van der Waals surface area contributed by atoms with Gasteiger partial charge in [-0.25, -0.2) is 4.79 Å². The summed E-state index contributed by atoms with van der Waals surface area (Å²) in [4.78, 5) is 26.7. The Labute approximate surface area is 157 Å². The number of hydrogen-bond donors (Lipinski definition) is 0. The molecule has 0 radical (unpaired) electrons. The smallest absolute Gasteiger partial charge is 0.328 e. The Kier molecular flexibility index (Phi) is 6.85. The number of esters is 1. The fraction of sp³-hybridized carbons (Fsp3) is 0.263. The third kappa shape index (κ3) is 4.97. The normalized spacial score (nSPS) is 11.7. The van der Waals surface area contributed by atoms with Crippen LogP contribution in [0.3, 0.4) is 0 Å². The summed E-state index contributed by atoms with van der Waals surface area (Å²) in [6.07, 6.45) is 0. The Morgan fingerprint density at radius 2 is 1.80 bits per heavy atom. The number of halogens is 2. The molecular formula is C19H19Cl2NO3. The lowest BCUT2D eigenvalue weighted by molar-refractivity contribution is -0.148. The van der Waals surface area contributed by atoms with Crippen LogP contribution >= 0.6 is 23.2 Å². The van der Waals surface area contributed by atoms with Gasteiger partial charge in [0.25, 0.3) is 5.91 Å². The molecule has 2 rings (SSSR count). The highest BCUT2D eigenvalue weighted by molar-refractivity contribution is 6.35. The van der Waals surface area contributed by atoms with E-state index in [1.807, 2.05) is 30.3 Å². The molecule has 2 aromatic rings. The topological polar surface area (TPSA) is 46.6 Å². The van der Waals surface area contributed by atoms with Gasteiger partial charge >= 0.3 is 5.97 Å². The second-order valence-corrected chi connectivity index (χ2v) is 6.31. The second-order valence-electron chi connectivity index (χ2n) is 5.47. The fourth-order valence-electron chi connectivity index (χ4n) is 2.37. The summed E-state index contributed by atoms with van der Waals surface area (Å²) in [6, 6.07) is 13.3. The Morgan fingerprint density at radius 3 is 2.44 bits per heavy atom. The van der Waals surface area contributed by atoms with Crippen LogP contribution in [0.1, 0.15) is 29.8 Å². The molecular weight excluding hydrogens is 361 g/mol. The van der Waals surface area contributed by atoms with Crippen molar-refractivity contribution in [3.63, 3.8) is 0 Å². The molecule has 0 N–H and O–H groups in total. The third-order valence-electron chi connectivity index (χ3n) is 3.71. The molecule has 6 heteroatoms. The predicted octanol–water partition coefficient (Wildman–Crippen LogP) is 4.59. The van der Waals surface area contributed by atoms with Crippen molar-refractivity contribution in [3.8, 4) is 0 Å². The molecule has 0 saturated carbocycles. The Hall–Kier alpha value is -2.04. The number of hydrogen-bond acceptors (Lipinski definition) is 3. The van der Waals surface area contributed by atoms with Crippen molar-refractivity contribution in [3.05, 3.63) is 69.7 Å². The zero-order valence-corrected chi connectivity index (χ0v) is 15.6. The van der Waals surface area contributed by atoms with Gasteiger partial charge < -0.3 is 9.64 Å². The molecule has 2 aromatic carbocycles. The number of nitrogens with zero attached hydrogens (tertiary/aromatic N) is 1. The molecule has 1 unspecified atom stereocenters. The first-order valence-electron chi connectivity index (χ1n) is 7.90. The lowest BCUT2D eigenvalue weighted by atomic mass is 10.1. The van der Waals surface area contributed by atoms with Crippen molar-refractivity contribution in [2.24, 2.45) is 0 Å². The zero-order valence-electron chi connectivity index (χ0n) is 14.0. The van der Waals surface area contributed by atoms with Crippen LogP contribution in [0.4, 0.5) is 0 Å². The summed E-state index contributed by atoms with van der Waals surface area (Å²) in [6.45, 7) is 3.86. The van der Waals surface area contributed by atoms with Gasteiger partial charge in [-0.3, -0.25) is 4.79 Å². The Bertz CT molecular complexity index is 750. The van der Waals surface area contributed by atoms with Crippen LogP contribution < -0.4 is 0 Å². The first-order valence-corrected chi connectivity index (χ1v) is 8.66. The molecule has 132 valence electrons. The summed E-state index contributed by atoms with van der Waals surface area (Å²) in [5.41, 5.74) is 1.14. The van der Waals surface area contributed by atoms with Gasteiger partial charge in [-0.2, -0.15) is 0 Å². The number of ether oxygens (including phenoxy) is 1. The maximum Gasteiger partial charge on any atom is 0.328 e. The molecule has 0 aliphatic heterocycles. The van der Waals surface area contributed by atoms with Crippen LogP contribution in [-0.4, -0.2) is 29.4 Å². The maximum absolute atomic E-state index is 13.0. The van der Waals surface area contributed by atoms with Gasteiger partial charge in [0.2, 0.25) is 0 Å². The highest BCUT2D eigenvalue weighted by Crippen LogP contribution is 2.24. The summed E-state index contributed by atoms with van der Waals surface area (Å²) < 4.78 is 5.07. The van der Waals surface area contributed by atoms with E-state index in [2.05, 4.69) is 0 Å². The van der Waals surface area contributed by atoms with Crippen LogP contribution in [0.2, 0.25) is 10.0 Å². The van der Waals surface area contributed by atoms with Crippen LogP contribution in [-0.2, 0) is 16.1 Å². The standard InChI is InChI=1S/C19H19Cl2NO3/c1-3-25-19(24)13(2)22(12-14-7-5-4-6-8-14)18(23)16-11-15(20)9-10-17(16)21/h4-11,13H,3,12H2,1-2H3. The molecule has 0 aliphatic carbocycles. The highest BCUT2D eigenvalue weighted by Gasteiger charge is 2.29. The summed E-state index contributed by atoms with van der Waals surface area (Å²) in [5.74, 6) is -0.846. The largest absolute Gasteiger partial charge is 0.464 e. The van der Waals surface area contributed by atoms with E-state index in [1.165, 1.54) is 11.0 Å². The fourth-order valence-corrected chi connectivity index (χ4v) is 2.74. The maximum atomic E-state index is 13.0. The number of benzene rings is 2. The Balaban J connectivity index is 2.37. The molecule has 1 amide bonds. The van der Waals surface area contributed by atoms with E-state index in [0.717, 1.165) is 5.56 Å². The minimum atomic E-state index is -0.761. The number of amides is 1. The molecule has 4 nitrogen and oxygen atoms in total. The van der Waals surface area contributed by atoms with Crippen molar-refractivity contribution in [1.29, 1.82) is 0 Å². The number of carbonyl (C=O) groups excluding carboxylic acids is 2. The van der Waals surface area contributed by atoms with E-state index in [-0.39, 0.29) is 29.6 Å². The molecule has 0 heterocycles. The molecule has 25 heavy (non-hydrogen) atoms. The third-order valence-corrected chi connectivity index (χ3v) is 4.28. The average molecular weight is 380 g/mol. The van der Waals surface area contributed by atoms with Crippen LogP contribution in [0.15, 0.2) is 48.5 Å². The molecule has 0 aliphatic rings. The van der Waals surface area contributed by atoms with Gasteiger partial charge in [0, 0.05) is 11.6 Å². The molecule has 0 fully saturated rings. The van der Waals surface area contributed by atoms with Crippen LogP contribution in [0, 0.1) is 0 Å². The average Bonchev–Trinajstić information content (AvgIpc) is 2.61. The molecule has 1 atom stereocenters. The number of rotatable bonds is 6. The summed E-state index contributed by atoms with van der Waals surface area (Å²) in [7, 11) is 0. The second kappa shape index (κ2) is 8.88. The van der Waals surface area contributed by atoms with E-state index in [4.69, 9.17) is 27.9 Å². The minimum Gasteiger partial charge on any atom is -0.464 e. The molecule has 0 aromatic heterocycles. The molecule has 0 bridgehead atoms. The van der Waals surface area contributed by atoms with Gasteiger partial charge in [0.1, 0.15) is 6.04 Å². The van der Waals surface area contributed by atoms with E-state index in [9.17, 15) is 9.59 Å². The van der Waals surface area contributed by atoms with Crippen LogP contribution in [0.5, 0.6) is 0 Å². The molecule has 0 spiro atoms. The molecule has 0 saturated heterocycles.